The van der Waals surface area contributed by atoms with Gasteiger partial charge in [-0.2, -0.15) is 0 Å². The number of hydrogen-bond acceptors (Lipinski definition) is 4. The van der Waals surface area contributed by atoms with Crippen LogP contribution in [0.4, 0.5) is 0 Å². The average Bonchev–Trinajstić information content (AvgIpc) is 2.06. The summed E-state index contributed by atoms with van der Waals surface area (Å²) in [6.45, 7) is 2.01. The van der Waals surface area contributed by atoms with Gasteiger partial charge in [0.05, 0.1) is 0 Å². The Morgan fingerprint density at radius 1 is 1.18 bits per heavy atom. The zero-order chi connectivity index (χ0) is 12.8. The van der Waals surface area contributed by atoms with E-state index in [1.54, 1.807) is 0 Å². The number of rotatable bonds is 8. The fraction of sp³-hybridized carbons (Fsp3) is 1.00. The van der Waals surface area contributed by atoms with Crippen molar-refractivity contribution in [1.82, 2.24) is 0 Å². The second-order valence-corrected chi connectivity index (χ2v) is 7.44. The standard InChI is InChI=1S/C8H19O6PS.Na/c1-2-3-4-5-6-7-8(15(9,10)11)16(12,13)14;/h8H,2-7H2,1H3,(H2,9,10,11)(H,12,13,14);/q;+1/p-1. The summed E-state index contributed by atoms with van der Waals surface area (Å²) in [7, 11) is -9.78. The van der Waals surface area contributed by atoms with E-state index >= 15 is 0 Å². The van der Waals surface area contributed by atoms with E-state index in [0.29, 0.717) is 12.8 Å². The Bertz CT molecular complexity index is 338. The maximum Gasteiger partial charge on any atom is 1.00 e. The molecule has 1 atom stereocenters. The molecule has 0 radical (unpaired) electrons. The normalized spacial score (nSPS) is 14.1. The summed E-state index contributed by atoms with van der Waals surface area (Å²) in [4.78, 5) is 15.4. The van der Waals surface area contributed by atoms with Crippen molar-refractivity contribution < 1.29 is 56.9 Å². The quantitative estimate of drug-likeness (QED) is 0.241. The molecule has 0 aliphatic carbocycles. The molecule has 0 fully saturated rings. The van der Waals surface area contributed by atoms with Crippen molar-refractivity contribution >= 4 is 17.7 Å². The second-order valence-electron chi connectivity index (χ2n) is 3.74. The zero-order valence-electron chi connectivity index (χ0n) is 10.2. The Balaban J connectivity index is 0. The maximum atomic E-state index is 10.8. The molecule has 0 saturated carbocycles. The number of unbranched alkanes of at least 4 members (excludes halogenated alkanes) is 4. The summed E-state index contributed by atoms with van der Waals surface area (Å²) in [6, 6.07) is 0. The molecule has 6 nitrogen and oxygen atoms in total. The van der Waals surface area contributed by atoms with Gasteiger partial charge in [0.2, 0.25) is 0 Å². The Morgan fingerprint density at radius 2 is 1.65 bits per heavy atom. The molecule has 0 bridgehead atoms. The van der Waals surface area contributed by atoms with Gasteiger partial charge >= 0.3 is 37.2 Å². The smallest absolute Gasteiger partial charge is 0.747 e. The predicted octanol–water partition coefficient (Wildman–Crippen LogP) is -1.60. The maximum absolute atomic E-state index is 10.8. The Labute approximate surface area is 124 Å². The van der Waals surface area contributed by atoms with Crippen LogP contribution in [0.25, 0.3) is 0 Å². The minimum Gasteiger partial charge on any atom is -0.747 e. The van der Waals surface area contributed by atoms with E-state index in [4.69, 9.17) is 9.79 Å². The van der Waals surface area contributed by atoms with Crippen molar-refractivity contribution in [2.45, 2.75) is 50.4 Å². The van der Waals surface area contributed by atoms with Gasteiger partial charge in [-0.3, -0.25) is 4.57 Å². The largest absolute Gasteiger partial charge is 1.00 e. The summed E-state index contributed by atoms with van der Waals surface area (Å²) in [6.07, 6.45) is 3.65. The third-order valence-corrected chi connectivity index (χ3v) is 5.77. The van der Waals surface area contributed by atoms with Gasteiger partial charge in [0.15, 0.2) is 4.99 Å². The molecule has 0 saturated heterocycles. The van der Waals surface area contributed by atoms with Gasteiger partial charge in [-0.25, -0.2) is 8.42 Å². The molecule has 0 aliphatic rings. The molecule has 0 spiro atoms. The van der Waals surface area contributed by atoms with Crippen LogP contribution >= 0.6 is 7.60 Å². The fourth-order valence-corrected chi connectivity index (χ4v) is 3.72. The molecular formula is C8H18NaO6PS. The van der Waals surface area contributed by atoms with E-state index in [0.717, 1.165) is 19.3 Å². The summed E-state index contributed by atoms with van der Waals surface area (Å²) in [5, 5.41) is 0. The molecule has 2 N–H and O–H groups in total. The van der Waals surface area contributed by atoms with Crippen LogP contribution in [-0.2, 0) is 14.7 Å². The minimum atomic E-state index is -4.93. The summed E-state index contributed by atoms with van der Waals surface area (Å²) >= 11 is 0. The predicted molar refractivity (Wildman–Crippen MR) is 58.9 cm³/mol. The SMILES string of the molecule is CCCCCCCC(P(=O)(O)O)S(=O)(=O)[O-].[Na+]. The topological polar surface area (TPSA) is 115 Å². The Kier molecular flexibility index (Phi) is 10.8. The van der Waals surface area contributed by atoms with E-state index in [1.165, 1.54) is 0 Å². The molecule has 17 heavy (non-hydrogen) atoms. The first-order chi connectivity index (χ1) is 7.19. The molecule has 0 aromatic rings. The third-order valence-electron chi connectivity index (χ3n) is 2.26. The van der Waals surface area contributed by atoms with Gasteiger partial charge in [-0.05, 0) is 6.42 Å². The van der Waals surface area contributed by atoms with Crippen LogP contribution in [-0.4, -0.2) is 27.7 Å². The monoisotopic (exact) mass is 296 g/mol. The van der Waals surface area contributed by atoms with Crippen LogP contribution in [0.1, 0.15) is 45.4 Å². The van der Waals surface area contributed by atoms with Crippen LogP contribution in [0.5, 0.6) is 0 Å². The van der Waals surface area contributed by atoms with Crippen LogP contribution in [0.15, 0.2) is 0 Å². The summed E-state index contributed by atoms with van der Waals surface area (Å²) in [5.41, 5.74) is 0. The molecule has 98 valence electrons. The second kappa shape index (κ2) is 9.04. The van der Waals surface area contributed by atoms with Crippen molar-refractivity contribution in [2.24, 2.45) is 0 Å². The van der Waals surface area contributed by atoms with Gasteiger partial charge in [-0.1, -0.05) is 39.0 Å². The van der Waals surface area contributed by atoms with Gasteiger partial charge < -0.3 is 14.3 Å². The van der Waals surface area contributed by atoms with Crippen LogP contribution in [0, 0.1) is 0 Å². The van der Waals surface area contributed by atoms with Crippen molar-refractivity contribution in [3.05, 3.63) is 0 Å². The van der Waals surface area contributed by atoms with Crippen molar-refractivity contribution in [3.8, 4) is 0 Å². The number of hydrogen-bond donors (Lipinski definition) is 2. The van der Waals surface area contributed by atoms with Gasteiger partial charge in [0, 0.05) is 0 Å². The first-order valence-corrected chi connectivity index (χ1v) is 8.34. The van der Waals surface area contributed by atoms with Crippen LogP contribution in [0.2, 0.25) is 0 Å². The van der Waals surface area contributed by atoms with Crippen molar-refractivity contribution in [3.63, 3.8) is 0 Å². The fourth-order valence-electron chi connectivity index (χ4n) is 1.40. The molecule has 0 aromatic carbocycles. The Hall–Kier alpha value is 1.06. The molecule has 0 aliphatic heterocycles. The third kappa shape index (κ3) is 9.62. The van der Waals surface area contributed by atoms with Crippen LogP contribution in [0.3, 0.4) is 0 Å². The molecule has 0 amide bonds. The van der Waals surface area contributed by atoms with E-state index < -0.39 is 22.7 Å². The molecule has 0 aromatic heterocycles. The summed E-state index contributed by atoms with van der Waals surface area (Å²) in [5.74, 6) is 0. The van der Waals surface area contributed by atoms with E-state index in [9.17, 15) is 17.5 Å². The molecule has 0 heterocycles. The summed E-state index contributed by atoms with van der Waals surface area (Å²) < 4.78 is 42.8. The molecule has 9 heteroatoms. The first-order valence-electron chi connectivity index (χ1n) is 5.19. The van der Waals surface area contributed by atoms with E-state index in [-0.39, 0.29) is 36.0 Å². The van der Waals surface area contributed by atoms with Gasteiger partial charge in [0.25, 0.3) is 0 Å². The Morgan fingerprint density at radius 3 is 2.00 bits per heavy atom. The van der Waals surface area contributed by atoms with Crippen molar-refractivity contribution in [1.29, 1.82) is 0 Å². The first kappa shape index (κ1) is 20.4. The van der Waals surface area contributed by atoms with E-state index in [1.807, 2.05) is 6.92 Å². The van der Waals surface area contributed by atoms with Crippen molar-refractivity contribution in [2.75, 3.05) is 0 Å². The minimum absolute atomic E-state index is 0. The van der Waals surface area contributed by atoms with Crippen LogP contribution < -0.4 is 29.6 Å². The molecule has 1 unspecified atom stereocenters. The molecular weight excluding hydrogens is 278 g/mol. The van der Waals surface area contributed by atoms with Gasteiger partial charge in [-0.15, -0.1) is 0 Å². The molecule has 0 rings (SSSR count). The average molecular weight is 296 g/mol. The van der Waals surface area contributed by atoms with E-state index in [2.05, 4.69) is 0 Å². The van der Waals surface area contributed by atoms with Gasteiger partial charge in [0.1, 0.15) is 10.1 Å². The zero-order valence-corrected chi connectivity index (χ0v) is 13.9.